The van der Waals surface area contributed by atoms with Crippen molar-refractivity contribution in [3.63, 3.8) is 0 Å². The third kappa shape index (κ3) is 3.73. The van der Waals surface area contributed by atoms with Crippen LogP contribution in [0.4, 0.5) is 0 Å². The summed E-state index contributed by atoms with van der Waals surface area (Å²) in [4.78, 5) is 13.7. The first kappa shape index (κ1) is 13.4. The quantitative estimate of drug-likeness (QED) is 0.631. The standard InChI is InChI=1S/C11H22N2O3/c1-3-12-5-4-11(15)13-6-10(7-14)16-8-9(13)2/h9-10,12,14H,3-8H2,1-2H3. The Balaban J connectivity index is 2.39. The zero-order chi connectivity index (χ0) is 12.0. The van der Waals surface area contributed by atoms with Crippen molar-refractivity contribution < 1.29 is 14.6 Å². The van der Waals surface area contributed by atoms with Crippen molar-refractivity contribution in [3.05, 3.63) is 0 Å². The molecule has 1 aliphatic rings. The summed E-state index contributed by atoms with van der Waals surface area (Å²) in [5.74, 6) is 0.134. The molecule has 2 atom stereocenters. The van der Waals surface area contributed by atoms with E-state index in [4.69, 9.17) is 9.84 Å². The van der Waals surface area contributed by atoms with Crippen LogP contribution in [0.15, 0.2) is 0 Å². The van der Waals surface area contributed by atoms with Crippen LogP contribution in [0.5, 0.6) is 0 Å². The van der Waals surface area contributed by atoms with E-state index in [9.17, 15) is 4.79 Å². The van der Waals surface area contributed by atoms with E-state index in [2.05, 4.69) is 5.32 Å². The van der Waals surface area contributed by atoms with Crippen LogP contribution in [0, 0.1) is 0 Å². The number of rotatable bonds is 5. The maximum absolute atomic E-state index is 11.9. The van der Waals surface area contributed by atoms with E-state index < -0.39 is 0 Å². The molecule has 2 unspecified atom stereocenters. The summed E-state index contributed by atoms with van der Waals surface area (Å²) >= 11 is 0. The number of nitrogens with one attached hydrogen (secondary N) is 1. The fourth-order valence-electron chi connectivity index (χ4n) is 1.79. The second kappa shape index (κ2) is 6.83. The van der Waals surface area contributed by atoms with Gasteiger partial charge in [-0.15, -0.1) is 0 Å². The lowest BCUT2D eigenvalue weighted by atomic mass is 10.2. The number of morpholine rings is 1. The van der Waals surface area contributed by atoms with Gasteiger partial charge in [0.2, 0.25) is 5.91 Å². The number of ether oxygens (including phenoxy) is 1. The van der Waals surface area contributed by atoms with E-state index >= 15 is 0 Å². The second-order valence-electron chi connectivity index (χ2n) is 4.14. The number of aliphatic hydroxyl groups is 1. The maximum Gasteiger partial charge on any atom is 0.224 e. The van der Waals surface area contributed by atoms with Gasteiger partial charge in [0, 0.05) is 19.5 Å². The van der Waals surface area contributed by atoms with Crippen LogP contribution in [-0.4, -0.2) is 60.9 Å². The molecule has 1 rings (SSSR count). The molecule has 0 bridgehead atoms. The van der Waals surface area contributed by atoms with Crippen LogP contribution >= 0.6 is 0 Å². The summed E-state index contributed by atoms with van der Waals surface area (Å²) in [5, 5.41) is 12.1. The average Bonchev–Trinajstić information content (AvgIpc) is 2.30. The van der Waals surface area contributed by atoms with Crippen LogP contribution in [-0.2, 0) is 9.53 Å². The van der Waals surface area contributed by atoms with Crippen molar-refractivity contribution in [1.82, 2.24) is 10.2 Å². The molecule has 16 heavy (non-hydrogen) atoms. The fourth-order valence-corrected chi connectivity index (χ4v) is 1.79. The molecule has 5 nitrogen and oxygen atoms in total. The van der Waals surface area contributed by atoms with Gasteiger partial charge in [-0.2, -0.15) is 0 Å². The minimum atomic E-state index is -0.223. The number of hydrogen-bond acceptors (Lipinski definition) is 4. The first-order valence-corrected chi connectivity index (χ1v) is 5.91. The van der Waals surface area contributed by atoms with Gasteiger partial charge >= 0.3 is 0 Å². The molecule has 0 spiro atoms. The van der Waals surface area contributed by atoms with E-state index in [0.29, 0.717) is 26.1 Å². The van der Waals surface area contributed by atoms with E-state index in [1.807, 2.05) is 18.7 Å². The zero-order valence-electron chi connectivity index (χ0n) is 10.1. The van der Waals surface area contributed by atoms with Crippen LogP contribution in [0.2, 0.25) is 0 Å². The lowest BCUT2D eigenvalue weighted by molar-refractivity contribution is -0.146. The van der Waals surface area contributed by atoms with Crippen LogP contribution in [0.1, 0.15) is 20.3 Å². The molecule has 1 fully saturated rings. The van der Waals surface area contributed by atoms with E-state index in [1.54, 1.807) is 0 Å². The number of carbonyl (C=O) groups excluding carboxylic acids is 1. The monoisotopic (exact) mass is 230 g/mol. The summed E-state index contributed by atoms with van der Waals surface area (Å²) in [5.41, 5.74) is 0. The Hall–Kier alpha value is -0.650. The molecule has 94 valence electrons. The number of carbonyl (C=O) groups is 1. The van der Waals surface area contributed by atoms with Gasteiger partial charge in [-0.25, -0.2) is 0 Å². The average molecular weight is 230 g/mol. The van der Waals surface area contributed by atoms with Crippen molar-refractivity contribution in [2.45, 2.75) is 32.4 Å². The maximum atomic E-state index is 11.9. The number of nitrogens with zero attached hydrogens (tertiary/aromatic N) is 1. The number of aliphatic hydroxyl groups excluding tert-OH is 1. The summed E-state index contributed by atoms with van der Waals surface area (Å²) in [6, 6.07) is 0.108. The molecule has 1 saturated heterocycles. The zero-order valence-corrected chi connectivity index (χ0v) is 10.1. The first-order chi connectivity index (χ1) is 7.69. The second-order valence-corrected chi connectivity index (χ2v) is 4.14. The van der Waals surface area contributed by atoms with Gasteiger partial charge in [-0.3, -0.25) is 4.79 Å². The van der Waals surface area contributed by atoms with Crippen LogP contribution in [0.25, 0.3) is 0 Å². The molecule has 0 aromatic rings. The van der Waals surface area contributed by atoms with Gasteiger partial charge < -0.3 is 20.1 Å². The Morgan fingerprint density at radius 2 is 2.38 bits per heavy atom. The van der Waals surface area contributed by atoms with Gasteiger partial charge in [0.25, 0.3) is 0 Å². The van der Waals surface area contributed by atoms with Crippen LogP contribution in [0.3, 0.4) is 0 Å². The molecule has 1 aliphatic heterocycles. The van der Waals surface area contributed by atoms with Gasteiger partial charge in [-0.05, 0) is 13.5 Å². The van der Waals surface area contributed by atoms with Crippen molar-refractivity contribution in [2.24, 2.45) is 0 Å². The van der Waals surface area contributed by atoms with E-state index in [1.165, 1.54) is 0 Å². The minimum absolute atomic E-state index is 0.0241. The largest absolute Gasteiger partial charge is 0.394 e. The Morgan fingerprint density at radius 1 is 1.62 bits per heavy atom. The molecular formula is C11H22N2O3. The Morgan fingerprint density at radius 3 is 3.00 bits per heavy atom. The van der Waals surface area contributed by atoms with Gasteiger partial charge in [0.1, 0.15) is 0 Å². The van der Waals surface area contributed by atoms with Crippen LogP contribution < -0.4 is 5.32 Å². The summed E-state index contributed by atoms with van der Waals surface area (Å²) in [6.07, 6.45) is 0.287. The normalized spacial score (nSPS) is 25.8. The van der Waals surface area contributed by atoms with Gasteiger partial charge in [0.05, 0.1) is 25.4 Å². The number of amides is 1. The predicted octanol–water partition coefficient (Wildman–Crippen LogP) is -0.406. The predicted molar refractivity (Wildman–Crippen MR) is 61.2 cm³/mol. The highest BCUT2D eigenvalue weighted by atomic mass is 16.5. The Labute approximate surface area is 96.8 Å². The van der Waals surface area contributed by atoms with Crippen molar-refractivity contribution >= 4 is 5.91 Å². The van der Waals surface area contributed by atoms with Crippen molar-refractivity contribution in [1.29, 1.82) is 0 Å². The smallest absolute Gasteiger partial charge is 0.224 e. The van der Waals surface area contributed by atoms with Crippen molar-refractivity contribution in [3.8, 4) is 0 Å². The Bertz CT molecular complexity index is 223. The van der Waals surface area contributed by atoms with E-state index in [0.717, 1.165) is 6.54 Å². The highest BCUT2D eigenvalue weighted by Gasteiger charge is 2.28. The van der Waals surface area contributed by atoms with E-state index in [-0.39, 0.29) is 24.7 Å². The summed E-state index contributed by atoms with van der Waals surface area (Å²) < 4.78 is 5.39. The molecular weight excluding hydrogens is 208 g/mol. The molecule has 1 amide bonds. The third-order valence-electron chi connectivity index (χ3n) is 2.80. The SMILES string of the molecule is CCNCCC(=O)N1CC(CO)OCC1C. The Kier molecular flexibility index (Phi) is 5.73. The molecule has 5 heteroatoms. The summed E-state index contributed by atoms with van der Waals surface area (Å²) in [7, 11) is 0. The molecule has 0 radical (unpaired) electrons. The topological polar surface area (TPSA) is 61.8 Å². The molecule has 0 aliphatic carbocycles. The third-order valence-corrected chi connectivity index (χ3v) is 2.80. The number of hydrogen-bond donors (Lipinski definition) is 2. The highest BCUT2D eigenvalue weighted by molar-refractivity contribution is 5.76. The van der Waals surface area contributed by atoms with Gasteiger partial charge in [0.15, 0.2) is 0 Å². The highest BCUT2D eigenvalue weighted by Crippen LogP contribution is 2.12. The lowest BCUT2D eigenvalue weighted by Gasteiger charge is -2.37. The first-order valence-electron chi connectivity index (χ1n) is 5.91. The molecule has 0 aromatic carbocycles. The molecule has 0 saturated carbocycles. The van der Waals surface area contributed by atoms with Crippen molar-refractivity contribution in [2.75, 3.05) is 32.8 Å². The molecule has 0 aromatic heterocycles. The fraction of sp³-hybridized carbons (Fsp3) is 0.909. The molecule has 2 N–H and O–H groups in total. The minimum Gasteiger partial charge on any atom is -0.394 e. The molecule has 1 heterocycles. The van der Waals surface area contributed by atoms with Gasteiger partial charge in [-0.1, -0.05) is 6.92 Å². The summed E-state index contributed by atoms with van der Waals surface area (Å²) in [6.45, 7) is 6.57. The lowest BCUT2D eigenvalue weighted by Crippen LogP contribution is -2.52.